The largest absolute Gasteiger partial charge is 0.352 e. The number of rotatable bonds is 6. The van der Waals surface area contributed by atoms with Crippen LogP contribution in [0.2, 0.25) is 0 Å². The van der Waals surface area contributed by atoms with Gasteiger partial charge in [0, 0.05) is 24.5 Å². The van der Waals surface area contributed by atoms with Gasteiger partial charge in [-0.2, -0.15) is 0 Å². The number of hydrogen-bond donors (Lipinski definition) is 2. The van der Waals surface area contributed by atoms with Crippen LogP contribution in [0.4, 0.5) is 0 Å². The number of carbonyl (C=O) groups is 1. The molecule has 2 rings (SSSR count). The van der Waals surface area contributed by atoms with Crippen molar-refractivity contribution in [3.05, 3.63) is 42.1 Å². The number of amides is 1. The molecule has 0 saturated heterocycles. The Morgan fingerprint density at radius 2 is 2.15 bits per heavy atom. The molecule has 106 valence electrons. The number of aromatic nitrogens is 1. The molecule has 4 heteroatoms. The zero-order chi connectivity index (χ0) is 14.4. The van der Waals surface area contributed by atoms with Gasteiger partial charge in [-0.3, -0.25) is 9.78 Å². The Hall–Kier alpha value is -1.94. The molecule has 4 nitrogen and oxygen atoms in total. The van der Waals surface area contributed by atoms with Crippen LogP contribution in [0, 0.1) is 5.92 Å². The van der Waals surface area contributed by atoms with E-state index in [2.05, 4.69) is 17.2 Å². The van der Waals surface area contributed by atoms with Gasteiger partial charge in [0.1, 0.15) is 0 Å². The van der Waals surface area contributed by atoms with Crippen LogP contribution in [0.25, 0.3) is 10.9 Å². The van der Waals surface area contributed by atoms with Crippen molar-refractivity contribution in [3.8, 4) is 0 Å². The Labute approximate surface area is 119 Å². The Morgan fingerprint density at radius 1 is 1.35 bits per heavy atom. The van der Waals surface area contributed by atoms with Gasteiger partial charge in [0.05, 0.1) is 5.52 Å². The molecular formula is C16H21N3O. The standard InChI is InChI=1S/C16H21N3O/c1-12(10-17)7-8-15(20)19-11-14-5-2-4-13-6-3-9-18-16(13)14/h2-6,9,12H,7-8,10-11,17H2,1H3,(H,19,20). The summed E-state index contributed by atoms with van der Waals surface area (Å²) < 4.78 is 0. The first-order chi connectivity index (χ1) is 9.70. The first kappa shape index (κ1) is 14.5. The van der Waals surface area contributed by atoms with Crippen molar-refractivity contribution in [1.29, 1.82) is 0 Å². The van der Waals surface area contributed by atoms with Crippen molar-refractivity contribution in [2.75, 3.05) is 6.54 Å². The average molecular weight is 271 g/mol. The van der Waals surface area contributed by atoms with E-state index in [0.717, 1.165) is 22.9 Å². The van der Waals surface area contributed by atoms with E-state index in [0.29, 0.717) is 25.4 Å². The predicted molar refractivity (Wildman–Crippen MR) is 81.0 cm³/mol. The van der Waals surface area contributed by atoms with Crippen LogP contribution in [0.5, 0.6) is 0 Å². The predicted octanol–water partition coefficient (Wildman–Crippen LogP) is 2.23. The van der Waals surface area contributed by atoms with E-state index in [9.17, 15) is 4.79 Å². The van der Waals surface area contributed by atoms with Gasteiger partial charge >= 0.3 is 0 Å². The van der Waals surface area contributed by atoms with Crippen molar-refractivity contribution in [2.24, 2.45) is 11.7 Å². The lowest BCUT2D eigenvalue weighted by atomic mass is 10.1. The molecule has 0 fully saturated rings. The Morgan fingerprint density at radius 3 is 2.95 bits per heavy atom. The fraction of sp³-hybridized carbons (Fsp3) is 0.375. The van der Waals surface area contributed by atoms with Crippen LogP contribution in [0.1, 0.15) is 25.3 Å². The number of benzene rings is 1. The highest BCUT2D eigenvalue weighted by atomic mass is 16.1. The number of hydrogen-bond acceptors (Lipinski definition) is 3. The molecule has 1 aromatic carbocycles. The number of nitrogens with one attached hydrogen (secondary N) is 1. The molecule has 3 N–H and O–H groups in total. The van der Waals surface area contributed by atoms with Crippen LogP contribution in [0.3, 0.4) is 0 Å². The van der Waals surface area contributed by atoms with Gasteiger partial charge in [0.2, 0.25) is 5.91 Å². The Balaban J connectivity index is 1.94. The minimum absolute atomic E-state index is 0.0678. The minimum Gasteiger partial charge on any atom is -0.352 e. The molecule has 0 spiro atoms. The molecule has 1 unspecified atom stereocenters. The molecule has 1 atom stereocenters. The zero-order valence-corrected chi connectivity index (χ0v) is 11.8. The second kappa shape index (κ2) is 7.01. The number of fused-ring (bicyclic) bond motifs is 1. The van der Waals surface area contributed by atoms with E-state index in [-0.39, 0.29) is 5.91 Å². The van der Waals surface area contributed by atoms with E-state index >= 15 is 0 Å². The van der Waals surface area contributed by atoms with Crippen molar-refractivity contribution in [2.45, 2.75) is 26.3 Å². The highest BCUT2D eigenvalue weighted by Crippen LogP contribution is 2.15. The average Bonchev–Trinajstić information content (AvgIpc) is 2.50. The molecule has 1 aromatic heterocycles. The summed E-state index contributed by atoms with van der Waals surface area (Å²) in [6.45, 7) is 3.20. The van der Waals surface area contributed by atoms with E-state index in [1.54, 1.807) is 6.20 Å². The molecule has 20 heavy (non-hydrogen) atoms. The summed E-state index contributed by atoms with van der Waals surface area (Å²) in [7, 11) is 0. The number of nitrogens with two attached hydrogens (primary N) is 1. The van der Waals surface area contributed by atoms with E-state index in [4.69, 9.17) is 5.73 Å². The SMILES string of the molecule is CC(CN)CCC(=O)NCc1cccc2cccnc12. The number of nitrogens with zero attached hydrogens (tertiary/aromatic N) is 1. The maximum atomic E-state index is 11.8. The van der Waals surface area contributed by atoms with E-state index in [1.165, 1.54) is 0 Å². The molecule has 1 heterocycles. The van der Waals surface area contributed by atoms with Crippen molar-refractivity contribution < 1.29 is 4.79 Å². The zero-order valence-electron chi connectivity index (χ0n) is 11.8. The van der Waals surface area contributed by atoms with Crippen molar-refractivity contribution >= 4 is 16.8 Å². The number of para-hydroxylation sites is 1. The van der Waals surface area contributed by atoms with Crippen LogP contribution in [0.15, 0.2) is 36.5 Å². The summed E-state index contributed by atoms with van der Waals surface area (Å²) in [6, 6.07) is 9.95. The maximum absolute atomic E-state index is 11.8. The van der Waals surface area contributed by atoms with E-state index < -0.39 is 0 Å². The minimum atomic E-state index is 0.0678. The second-order valence-electron chi connectivity index (χ2n) is 5.15. The molecule has 2 aromatic rings. The van der Waals surface area contributed by atoms with Gasteiger partial charge in [-0.25, -0.2) is 0 Å². The van der Waals surface area contributed by atoms with Crippen LogP contribution in [-0.2, 0) is 11.3 Å². The first-order valence-electron chi connectivity index (χ1n) is 7.00. The lowest BCUT2D eigenvalue weighted by molar-refractivity contribution is -0.121. The summed E-state index contributed by atoms with van der Waals surface area (Å²) in [6.07, 6.45) is 3.13. The Kier molecular flexibility index (Phi) is 5.07. The van der Waals surface area contributed by atoms with Crippen LogP contribution >= 0.6 is 0 Å². The second-order valence-corrected chi connectivity index (χ2v) is 5.15. The van der Waals surface area contributed by atoms with Gasteiger partial charge < -0.3 is 11.1 Å². The van der Waals surface area contributed by atoms with E-state index in [1.807, 2.05) is 30.3 Å². The third-order valence-electron chi connectivity index (χ3n) is 3.46. The third-order valence-corrected chi connectivity index (χ3v) is 3.46. The molecule has 0 bridgehead atoms. The number of carbonyl (C=O) groups excluding carboxylic acids is 1. The normalized spacial score (nSPS) is 12.3. The first-order valence-corrected chi connectivity index (χ1v) is 7.00. The monoisotopic (exact) mass is 271 g/mol. The summed E-state index contributed by atoms with van der Waals surface area (Å²) in [5.74, 6) is 0.457. The Bertz CT molecular complexity index is 577. The van der Waals surface area contributed by atoms with Gasteiger partial charge in [-0.15, -0.1) is 0 Å². The molecule has 0 radical (unpaired) electrons. The van der Waals surface area contributed by atoms with Crippen molar-refractivity contribution in [3.63, 3.8) is 0 Å². The third kappa shape index (κ3) is 3.78. The lowest BCUT2D eigenvalue weighted by Gasteiger charge is -2.10. The molecule has 0 saturated carbocycles. The topological polar surface area (TPSA) is 68.0 Å². The summed E-state index contributed by atoms with van der Waals surface area (Å²) in [5.41, 5.74) is 7.54. The molecule has 0 aliphatic carbocycles. The maximum Gasteiger partial charge on any atom is 0.220 e. The summed E-state index contributed by atoms with van der Waals surface area (Å²) >= 11 is 0. The number of pyridine rings is 1. The van der Waals surface area contributed by atoms with Gasteiger partial charge in [0.15, 0.2) is 0 Å². The lowest BCUT2D eigenvalue weighted by Crippen LogP contribution is -2.24. The summed E-state index contributed by atoms with van der Waals surface area (Å²) in [5, 5.41) is 4.04. The fourth-order valence-electron chi connectivity index (χ4n) is 2.09. The quantitative estimate of drug-likeness (QED) is 0.846. The van der Waals surface area contributed by atoms with Crippen LogP contribution in [-0.4, -0.2) is 17.4 Å². The molecule has 0 aliphatic heterocycles. The molecule has 0 aliphatic rings. The smallest absolute Gasteiger partial charge is 0.220 e. The van der Waals surface area contributed by atoms with Gasteiger partial charge in [-0.1, -0.05) is 31.2 Å². The molecule has 1 amide bonds. The van der Waals surface area contributed by atoms with Crippen molar-refractivity contribution in [1.82, 2.24) is 10.3 Å². The van der Waals surface area contributed by atoms with Crippen LogP contribution < -0.4 is 11.1 Å². The van der Waals surface area contributed by atoms with Gasteiger partial charge in [-0.05, 0) is 30.5 Å². The summed E-state index contributed by atoms with van der Waals surface area (Å²) in [4.78, 5) is 16.2. The highest BCUT2D eigenvalue weighted by Gasteiger charge is 2.07. The molecular weight excluding hydrogens is 250 g/mol. The fourth-order valence-corrected chi connectivity index (χ4v) is 2.09. The van der Waals surface area contributed by atoms with Gasteiger partial charge in [0.25, 0.3) is 0 Å². The highest BCUT2D eigenvalue weighted by molar-refractivity contribution is 5.82.